The van der Waals surface area contributed by atoms with E-state index in [1.54, 1.807) is 19.3 Å². The molecule has 1 saturated heterocycles. The molecule has 6 nitrogen and oxygen atoms in total. The SMILES string of the molecule is CN(C)c1cncc(N2CCC(C)(O)C(O)C2)n1. The van der Waals surface area contributed by atoms with Crippen molar-refractivity contribution in [3.63, 3.8) is 0 Å². The topological polar surface area (TPSA) is 72.7 Å². The fourth-order valence-electron chi connectivity index (χ4n) is 1.95. The largest absolute Gasteiger partial charge is 0.388 e. The minimum absolute atomic E-state index is 0.374. The van der Waals surface area contributed by atoms with Crippen molar-refractivity contribution < 1.29 is 10.2 Å². The van der Waals surface area contributed by atoms with Gasteiger partial charge in [-0.3, -0.25) is 4.98 Å². The number of piperidine rings is 1. The third-order valence-corrected chi connectivity index (χ3v) is 3.39. The summed E-state index contributed by atoms with van der Waals surface area (Å²) in [6.45, 7) is 2.70. The zero-order valence-corrected chi connectivity index (χ0v) is 11.0. The number of aliphatic hydroxyl groups excluding tert-OH is 1. The van der Waals surface area contributed by atoms with Gasteiger partial charge in [0.1, 0.15) is 11.6 Å². The first-order valence-electron chi connectivity index (χ1n) is 6.05. The molecule has 0 aromatic carbocycles. The Hall–Kier alpha value is -1.40. The van der Waals surface area contributed by atoms with E-state index in [4.69, 9.17) is 0 Å². The van der Waals surface area contributed by atoms with Gasteiger partial charge in [0.2, 0.25) is 0 Å². The molecule has 0 saturated carbocycles. The van der Waals surface area contributed by atoms with E-state index in [1.807, 2.05) is 23.9 Å². The molecule has 2 N–H and O–H groups in total. The number of β-amino-alcohol motifs (C(OH)–C–C–N with tert-alkyl or cyclic N) is 1. The molecule has 2 rings (SSSR count). The maximum absolute atomic E-state index is 9.93. The first kappa shape index (κ1) is 13.0. The highest BCUT2D eigenvalue weighted by Gasteiger charge is 2.36. The van der Waals surface area contributed by atoms with Crippen LogP contribution in [0.4, 0.5) is 11.6 Å². The smallest absolute Gasteiger partial charge is 0.149 e. The van der Waals surface area contributed by atoms with Crippen LogP contribution in [0.1, 0.15) is 13.3 Å². The normalized spacial score (nSPS) is 28.3. The fraction of sp³-hybridized carbons (Fsp3) is 0.667. The summed E-state index contributed by atoms with van der Waals surface area (Å²) < 4.78 is 0. The summed E-state index contributed by atoms with van der Waals surface area (Å²) in [5.74, 6) is 1.51. The Morgan fingerprint density at radius 3 is 2.78 bits per heavy atom. The minimum atomic E-state index is -1.01. The lowest BCUT2D eigenvalue weighted by molar-refractivity contribution is -0.0722. The molecule has 0 amide bonds. The van der Waals surface area contributed by atoms with Crippen molar-refractivity contribution in [1.82, 2.24) is 9.97 Å². The molecule has 6 heteroatoms. The van der Waals surface area contributed by atoms with Crippen LogP contribution in [0.2, 0.25) is 0 Å². The van der Waals surface area contributed by atoms with Crippen molar-refractivity contribution in [2.75, 3.05) is 37.0 Å². The monoisotopic (exact) mass is 252 g/mol. The minimum Gasteiger partial charge on any atom is -0.388 e. The van der Waals surface area contributed by atoms with Gasteiger partial charge in [0, 0.05) is 27.2 Å². The summed E-state index contributed by atoms with van der Waals surface area (Å²) in [4.78, 5) is 12.5. The van der Waals surface area contributed by atoms with Gasteiger partial charge in [-0.25, -0.2) is 4.98 Å². The molecule has 1 aromatic heterocycles. The summed E-state index contributed by atoms with van der Waals surface area (Å²) >= 11 is 0. The van der Waals surface area contributed by atoms with Crippen LogP contribution in [0, 0.1) is 0 Å². The standard InChI is InChI=1S/C12H20N4O2/c1-12(18)4-5-16(8-9(12)17)11-7-13-6-10(14-11)15(2)3/h6-7,9,17-18H,4-5,8H2,1-3H3. The Morgan fingerprint density at radius 2 is 2.17 bits per heavy atom. The Balaban J connectivity index is 2.16. The van der Waals surface area contributed by atoms with Crippen molar-refractivity contribution in [2.24, 2.45) is 0 Å². The molecule has 1 aliphatic rings. The Bertz CT molecular complexity index is 422. The highest BCUT2D eigenvalue weighted by molar-refractivity contribution is 5.45. The van der Waals surface area contributed by atoms with Crippen molar-refractivity contribution >= 4 is 11.6 Å². The highest BCUT2D eigenvalue weighted by atomic mass is 16.3. The van der Waals surface area contributed by atoms with Crippen molar-refractivity contribution in [1.29, 1.82) is 0 Å². The van der Waals surface area contributed by atoms with E-state index < -0.39 is 11.7 Å². The quantitative estimate of drug-likeness (QED) is 0.763. The van der Waals surface area contributed by atoms with Gasteiger partial charge in [0.25, 0.3) is 0 Å². The number of anilines is 2. The van der Waals surface area contributed by atoms with Gasteiger partial charge in [0.05, 0.1) is 24.1 Å². The lowest BCUT2D eigenvalue weighted by Gasteiger charge is -2.40. The van der Waals surface area contributed by atoms with Gasteiger partial charge in [-0.05, 0) is 13.3 Å². The van der Waals surface area contributed by atoms with E-state index >= 15 is 0 Å². The zero-order chi connectivity index (χ0) is 13.3. The summed E-state index contributed by atoms with van der Waals surface area (Å²) in [6, 6.07) is 0. The molecule has 1 aromatic rings. The van der Waals surface area contributed by atoms with Gasteiger partial charge in [-0.15, -0.1) is 0 Å². The summed E-state index contributed by atoms with van der Waals surface area (Å²) in [5, 5.41) is 19.8. The molecule has 2 atom stereocenters. The van der Waals surface area contributed by atoms with Gasteiger partial charge in [-0.2, -0.15) is 0 Å². The first-order valence-corrected chi connectivity index (χ1v) is 6.05. The first-order chi connectivity index (χ1) is 8.40. The van der Waals surface area contributed by atoms with Crippen LogP contribution in [0.25, 0.3) is 0 Å². The number of rotatable bonds is 2. The highest BCUT2D eigenvalue weighted by Crippen LogP contribution is 2.25. The predicted octanol–water partition coefficient (Wildman–Crippen LogP) is -0.135. The maximum atomic E-state index is 9.93. The van der Waals surface area contributed by atoms with Gasteiger partial charge >= 0.3 is 0 Å². The second-order valence-corrected chi connectivity index (χ2v) is 5.20. The Morgan fingerprint density at radius 1 is 1.44 bits per heavy atom. The second kappa shape index (κ2) is 4.70. The second-order valence-electron chi connectivity index (χ2n) is 5.20. The average Bonchev–Trinajstić information content (AvgIpc) is 2.33. The third kappa shape index (κ3) is 2.54. The molecule has 100 valence electrons. The van der Waals surface area contributed by atoms with E-state index in [0.29, 0.717) is 19.5 Å². The molecule has 1 aliphatic heterocycles. The van der Waals surface area contributed by atoms with E-state index in [1.165, 1.54) is 0 Å². The summed E-state index contributed by atoms with van der Waals surface area (Å²) in [6.07, 6.45) is 3.12. The van der Waals surface area contributed by atoms with Crippen molar-refractivity contribution in [2.45, 2.75) is 25.0 Å². The number of aliphatic hydroxyl groups is 2. The van der Waals surface area contributed by atoms with Crippen LogP contribution in [-0.2, 0) is 0 Å². The van der Waals surface area contributed by atoms with Crippen LogP contribution < -0.4 is 9.80 Å². The van der Waals surface area contributed by atoms with Crippen LogP contribution >= 0.6 is 0 Å². The van der Waals surface area contributed by atoms with Gasteiger partial charge in [-0.1, -0.05) is 0 Å². The fourth-order valence-corrected chi connectivity index (χ4v) is 1.95. The van der Waals surface area contributed by atoms with Gasteiger partial charge in [0.15, 0.2) is 0 Å². The van der Waals surface area contributed by atoms with E-state index in [2.05, 4.69) is 9.97 Å². The Kier molecular flexibility index (Phi) is 3.41. The van der Waals surface area contributed by atoms with Crippen molar-refractivity contribution in [3.05, 3.63) is 12.4 Å². The third-order valence-electron chi connectivity index (χ3n) is 3.39. The molecule has 0 bridgehead atoms. The molecular weight excluding hydrogens is 232 g/mol. The zero-order valence-electron chi connectivity index (χ0n) is 11.0. The van der Waals surface area contributed by atoms with Crippen LogP contribution in [0.3, 0.4) is 0 Å². The van der Waals surface area contributed by atoms with Gasteiger partial charge < -0.3 is 20.0 Å². The predicted molar refractivity (Wildman–Crippen MR) is 69.8 cm³/mol. The summed E-state index contributed by atoms with van der Waals surface area (Å²) in [5.41, 5.74) is -1.01. The molecule has 0 spiro atoms. The Labute approximate surface area is 107 Å². The van der Waals surface area contributed by atoms with Crippen LogP contribution in [0.15, 0.2) is 12.4 Å². The molecular formula is C12H20N4O2. The van der Waals surface area contributed by atoms with Crippen molar-refractivity contribution in [3.8, 4) is 0 Å². The molecule has 2 unspecified atom stereocenters. The number of hydrogen-bond donors (Lipinski definition) is 2. The lowest BCUT2D eigenvalue weighted by atomic mass is 9.91. The molecule has 2 heterocycles. The maximum Gasteiger partial charge on any atom is 0.149 e. The molecule has 18 heavy (non-hydrogen) atoms. The lowest BCUT2D eigenvalue weighted by Crippen LogP contribution is -2.54. The number of aromatic nitrogens is 2. The van der Waals surface area contributed by atoms with E-state index in [-0.39, 0.29) is 0 Å². The average molecular weight is 252 g/mol. The number of nitrogens with zero attached hydrogens (tertiary/aromatic N) is 4. The molecule has 1 fully saturated rings. The molecule has 0 radical (unpaired) electrons. The number of hydrogen-bond acceptors (Lipinski definition) is 6. The van der Waals surface area contributed by atoms with E-state index in [0.717, 1.165) is 11.6 Å². The van der Waals surface area contributed by atoms with Crippen LogP contribution in [0.5, 0.6) is 0 Å². The van der Waals surface area contributed by atoms with E-state index in [9.17, 15) is 10.2 Å². The summed E-state index contributed by atoms with van der Waals surface area (Å²) in [7, 11) is 3.81. The molecule has 0 aliphatic carbocycles. The van der Waals surface area contributed by atoms with Crippen LogP contribution in [-0.4, -0.2) is 59.1 Å².